The average Bonchev–Trinajstić information content (AvgIpc) is 3.62. The van der Waals surface area contributed by atoms with E-state index in [4.69, 9.17) is 19.9 Å². The van der Waals surface area contributed by atoms with Crippen LogP contribution in [0.15, 0.2) is 80.9 Å². The molecule has 0 radical (unpaired) electrons. The van der Waals surface area contributed by atoms with Gasteiger partial charge >= 0.3 is 0 Å². The zero-order chi connectivity index (χ0) is 29.5. The van der Waals surface area contributed by atoms with Crippen LogP contribution in [-0.4, -0.2) is 44.5 Å². The number of halogens is 1. The predicted molar refractivity (Wildman–Crippen MR) is 156 cm³/mol. The molecular formula is C28H25BrN8O5. The summed E-state index contributed by atoms with van der Waals surface area (Å²) in [5, 5.41) is 19.4. The molecule has 0 spiro atoms. The van der Waals surface area contributed by atoms with E-state index in [9.17, 15) is 4.79 Å². The number of ether oxygens (including phenoxy) is 3. The minimum Gasteiger partial charge on any atom is -0.493 e. The molecule has 0 aliphatic heterocycles. The summed E-state index contributed by atoms with van der Waals surface area (Å²) in [6, 6.07) is 20.6. The number of hydrogen-bond donors (Lipinski definition) is 2. The highest BCUT2D eigenvalue weighted by atomic mass is 79.9. The lowest BCUT2D eigenvalue weighted by Crippen LogP contribution is -2.21. The van der Waals surface area contributed by atoms with E-state index in [-0.39, 0.29) is 29.6 Å². The molecule has 0 saturated heterocycles. The smallest absolute Gasteiger partial charge is 0.293 e. The summed E-state index contributed by atoms with van der Waals surface area (Å²) in [4.78, 5) is 13.1. The molecule has 0 fully saturated rings. The summed E-state index contributed by atoms with van der Waals surface area (Å²) in [6.07, 6.45) is 1.46. The molecule has 3 aromatic carbocycles. The van der Waals surface area contributed by atoms with Gasteiger partial charge in [0.15, 0.2) is 17.2 Å². The van der Waals surface area contributed by atoms with Gasteiger partial charge in [-0.1, -0.05) is 53.2 Å². The van der Waals surface area contributed by atoms with E-state index in [0.29, 0.717) is 33.9 Å². The summed E-state index contributed by atoms with van der Waals surface area (Å²) in [6.45, 7) is 2.32. The average molecular weight is 633 g/mol. The maximum Gasteiger partial charge on any atom is 0.293 e. The van der Waals surface area contributed by atoms with Crippen molar-refractivity contribution in [1.82, 2.24) is 30.7 Å². The third-order valence-electron chi connectivity index (χ3n) is 5.93. The monoisotopic (exact) mass is 632 g/mol. The van der Waals surface area contributed by atoms with Crippen LogP contribution in [0.4, 0.5) is 5.82 Å². The highest BCUT2D eigenvalue weighted by Crippen LogP contribution is 2.37. The minimum absolute atomic E-state index is 0.0309. The van der Waals surface area contributed by atoms with Gasteiger partial charge in [-0.25, -0.2) is 10.1 Å². The fourth-order valence-corrected chi connectivity index (χ4v) is 4.37. The molecule has 3 N–H and O–H groups in total. The number of para-hydroxylation sites is 1. The number of nitrogens with one attached hydrogen (secondary N) is 1. The first kappa shape index (κ1) is 28.3. The Kier molecular flexibility index (Phi) is 8.72. The highest BCUT2D eigenvalue weighted by molar-refractivity contribution is 9.10. The van der Waals surface area contributed by atoms with E-state index in [0.717, 1.165) is 5.56 Å². The molecule has 0 saturated carbocycles. The largest absolute Gasteiger partial charge is 0.493 e. The molecule has 0 unspecified atom stereocenters. The summed E-state index contributed by atoms with van der Waals surface area (Å²) < 4.78 is 23.9. The van der Waals surface area contributed by atoms with Crippen LogP contribution in [-0.2, 0) is 13.2 Å². The predicted octanol–water partition coefficient (Wildman–Crippen LogP) is 4.23. The molecule has 5 aromatic rings. The third-order valence-corrected chi connectivity index (χ3v) is 6.52. The Morgan fingerprint density at radius 1 is 1.10 bits per heavy atom. The van der Waals surface area contributed by atoms with E-state index in [2.05, 4.69) is 51.7 Å². The van der Waals surface area contributed by atoms with Crippen molar-refractivity contribution >= 4 is 33.9 Å². The zero-order valence-electron chi connectivity index (χ0n) is 22.5. The molecule has 2 heterocycles. The van der Waals surface area contributed by atoms with Crippen LogP contribution in [0.2, 0.25) is 0 Å². The van der Waals surface area contributed by atoms with Crippen LogP contribution in [0, 0.1) is 6.92 Å². The molecule has 0 aliphatic rings. The van der Waals surface area contributed by atoms with Gasteiger partial charge in [0.1, 0.15) is 24.7 Å². The van der Waals surface area contributed by atoms with E-state index in [1.807, 2.05) is 49.4 Å². The van der Waals surface area contributed by atoms with Gasteiger partial charge in [0, 0.05) is 0 Å². The molecule has 13 nitrogen and oxygen atoms in total. The topological polar surface area (TPSA) is 165 Å². The number of benzene rings is 3. The number of methoxy groups -OCH3 is 1. The maximum atomic E-state index is 13.1. The van der Waals surface area contributed by atoms with Crippen molar-refractivity contribution < 1.29 is 23.6 Å². The van der Waals surface area contributed by atoms with Gasteiger partial charge in [-0.15, -0.1) is 5.10 Å². The lowest BCUT2D eigenvalue weighted by atomic mass is 10.2. The molecule has 0 bridgehead atoms. The third kappa shape index (κ3) is 6.55. The zero-order valence-corrected chi connectivity index (χ0v) is 24.1. The lowest BCUT2D eigenvalue weighted by Gasteiger charge is -2.13. The number of hydrazone groups is 1. The van der Waals surface area contributed by atoms with Crippen molar-refractivity contribution in [2.45, 2.75) is 20.1 Å². The molecule has 5 rings (SSSR count). The first-order valence-corrected chi connectivity index (χ1v) is 13.3. The number of hydrogen-bond acceptors (Lipinski definition) is 11. The maximum absolute atomic E-state index is 13.1. The number of anilines is 1. The van der Waals surface area contributed by atoms with Crippen molar-refractivity contribution in [3.8, 4) is 23.1 Å². The summed E-state index contributed by atoms with van der Waals surface area (Å²) in [7, 11) is 1.54. The fraction of sp³-hybridized carbons (Fsp3) is 0.143. The van der Waals surface area contributed by atoms with Gasteiger partial charge in [-0.05, 0) is 68.6 Å². The van der Waals surface area contributed by atoms with E-state index in [1.165, 1.54) is 16.5 Å². The first-order valence-electron chi connectivity index (χ1n) is 12.5. The lowest BCUT2D eigenvalue weighted by molar-refractivity contribution is 0.0947. The standard InChI is InChI=1S/C28H25BrN8O5/c1-17-8-10-18(11-9-17)15-41-25-21(29)12-19(13-23(25)39-2)14-31-33-28(38)24-22(16-40-20-6-4-3-5-7-20)37(36-32-24)27-26(30)34-42-35-27/h3-14H,15-16H2,1-2H3,(H2,30,34)(H,33,38)/b31-14+. The van der Waals surface area contributed by atoms with E-state index >= 15 is 0 Å². The number of aryl methyl sites for hydroxylation is 1. The second-order valence-electron chi connectivity index (χ2n) is 8.88. The van der Waals surface area contributed by atoms with Gasteiger partial charge in [0.25, 0.3) is 5.91 Å². The molecule has 42 heavy (non-hydrogen) atoms. The van der Waals surface area contributed by atoms with Crippen LogP contribution in [0.3, 0.4) is 0 Å². The van der Waals surface area contributed by atoms with E-state index in [1.54, 1.807) is 31.4 Å². The summed E-state index contributed by atoms with van der Waals surface area (Å²) in [5.41, 5.74) is 11.3. The van der Waals surface area contributed by atoms with Crippen LogP contribution >= 0.6 is 15.9 Å². The van der Waals surface area contributed by atoms with Gasteiger partial charge in [-0.2, -0.15) is 9.78 Å². The van der Waals surface area contributed by atoms with Crippen LogP contribution in [0.1, 0.15) is 32.9 Å². The number of carbonyl (C=O) groups excluding carboxylic acids is 1. The molecule has 214 valence electrons. The second-order valence-corrected chi connectivity index (χ2v) is 9.73. The number of nitrogens with two attached hydrogens (primary N) is 1. The Hall–Kier alpha value is -5.24. The number of aromatic nitrogens is 5. The SMILES string of the molecule is COc1cc(/C=N/NC(=O)c2nnn(-c3nonc3N)c2COc2ccccc2)cc(Br)c1OCc1ccc(C)cc1. The summed E-state index contributed by atoms with van der Waals surface area (Å²) in [5.74, 6) is 1.01. The second kappa shape index (κ2) is 13.0. The van der Waals surface area contributed by atoms with Gasteiger partial charge in [-0.3, -0.25) is 4.79 Å². The number of carbonyl (C=O) groups is 1. The van der Waals surface area contributed by atoms with Crippen molar-refractivity contribution in [2.24, 2.45) is 5.10 Å². The number of amides is 1. The Balaban J connectivity index is 1.31. The van der Waals surface area contributed by atoms with Gasteiger partial charge < -0.3 is 19.9 Å². The minimum atomic E-state index is -0.636. The van der Waals surface area contributed by atoms with Crippen LogP contribution in [0.5, 0.6) is 17.2 Å². The Morgan fingerprint density at radius 2 is 1.88 bits per heavy atom. The first-order chi connectivity index (χ1) is 20.4. The Morgan fingerprint density at radius 3 is 2.60 bits per heavy atom. The van der Waals surface area contributed by atoms with Crippen molar-refractivity contribution in [3.05, 3.63) is 99.3 Å². The van der Waals surface area contributed by atoms with Gasteiger partial charge in [0.2, 0.25) is 11.6 Å². The normalized spacial score (nSPS) is 11.0. The van der Waals surface area contributed by atoms with Crippen molar-refractivity contribution in [1.29, 1.82) is 0 Å². The molecule has 2 aromatic heterocycles. The Labute approximate surface area is 248 Å². The highest BCUT2D eigenvalue weighted by Gasteiger charge is 2.24. The quantitative estimate of drug-likeness (QED) is 0.159. The van der Waals surface area contributed by atoms with Crippen LogP contribution in [0.25, 0.3) is 5.82 Å². The summed E-state index contributed by atoms with van der Waals surface area (Å²) >= 11 is 3.54. The Bertz CT molecular complexity index is 1700. The molecule has 14 heteroatoms. The number of rotatable bonds is 11. The molecule has 1 amide bonds. The fourth-order valence-electron chi connectivity index (χ4n) is 3.80. The van der Waals surface area contributed by atoms with Crippen LogP contribution < -0.4 is 25.4 Å². The number of nitrogens with zero attached hydrogens (tertiary/aromatic N) is 6. The number of nitrogen functional groups attached to an aromatic ring is 1. The van der Waals surface area contributed by atoms with Crippen molar-refractivity contribution in [2.75, 3.05) is 12.8 Å². The van der Waals surface area contributed by atoms with Gasteiger partial charge in [0.05, 0.1) is 17.8 Å². The molecule has 0 aliphatic carbocycles. The molecular weight excluding hydrogens is 608 g/mol. The molecule has 0 atom stereocenters. The van der Waals surface area contributed by atoms with Crippen molar-refractivity contribution in [3.63, 3.8) is 0 Å². The van der Waals surface area contributed by atoms with E-state index < -0.39 is 5.91 Å².